The summed E-state index contributed by atoms with van der Waals surface area (Å²) in [6, 6.07) is 27.4. The Balaban J connectivity index is 1.40. The van der Waals surface area contributed by atoms with E-state index >= 15 is 0 Å². The van der Waals surface area contributed by atoms with E-state index in [9.17, 15) is 4.79 Å². The van der Waals surface area contributed by atoms with Gasteiger partial charge in [0.25, 0.3) is 0 Å². The highest BCUT2D eigenvalue weighted by molar-refractivity contribution is 5.79. The number of carbonyl (C=O) groups is 1. The molecule has 0 saturated carbocycles. The van der Waals surface area contributed by atoms with E-state index in [1.165, 1.54) is 0 Å². The highest BCUT2D eigenvalue weighted by Crippen LogP contribution is 2.39. The Morgan fingerprint density at radius 3 is 2.44 bits per heavy atom. The predicted octanol–water partition coefficient (Wildman–Crippen LogP) is 6.51. The number of carboxylic acids is 1. The van der Waals surface area contributed by atoms with Crippen molar-refractivity contribution < 1.29 is 19.1 Å². The molecule has 1 atom stereocenters. The molecule has 170 valence electrons. The molecule has 0 radical (unpaired) electrons. The second kappa shape index (κ2) is 9.79. The Kier molecular flexibility index (Phi) is 6.25. The van der Waals surface area contributed by atoms with Crippen LogP contribution in [0.25, 0.3) is 28.2 Å². The Morgan fingerprint density at radius 1 is 0.971 bits per heavy atom. The molecule has 0 unspecified atom stereocenters. The average Bonchev–Trinajstić information content (AvgIpc) is 3.51. The van der Waals surface area contributed by atoms with E-state index in [4.69, 9.17) is 19.2 Å². The van der Waals surface area contributed by atoms with Crippen LogP contribution in [-0.4, -0.2) is 22.7 Å². The molecule has 1 aliphatic rings. The van der Waals surface area contributed by atoms with Crippen LogP contribution in [0.4, 0.5) is 0 Å². The van der Waals surface area contributed by atoms with E-state index in [-0.39, 0.29) is 12.3 Å². The molecule has 0 spiro atoms. The molecule has 1 N–H and O–H groups in total. The zero-order valence-corrected chi connectivity index (χ0v) is 18.7. The van der Waals surface area contributed by atoms with Gasteiger partial charge in [-0.1, -0.05) is 78.9 Å². The fourth-order valence-electron chi connectivity index (χ4n) is 4.33. The fourth-order valence-corrected chi connectivity index (χ4v) is 4.33. The number of hydrogen-bond acceptors (Lipinski definition) is 4. The maximum atomic E-state index is 11.0. The monoisotopic (exact) mass is 451 g/mol. The summed E-state index contributed by atoms with van der Waals surface area (Å²) in [5, 5.41) is 9.04. The molecule has 5 heteroatoms. The van der Waals surface area contributed by atoms with Crippen molar-refractivity contribution in [1.82, 2.24) is 4.98 Å². The van der Waals surface area contributed by atoms with Gasteiger partial charge in [-0.15, -0.1) is 0 Å². The van der Waals surface area contributed by atoms with E-state index in [2.05, 4.69) is 6.08 Å². The van der Waals surface area contributed by atoms with E-state index in [1.54, 1.807) is 12.1 Å². The van der Waals surface area contributed by atoms with Crippen LogP contribution < -0.4 is 4.74 Å². The largest absolute Gasteiger partial charge is 0.493 e. The zero-order chi connectivity index (χ0) is 23.3. The van der Waals surface area contributed by atoms with Gasteiger partial charge in [-0.3, -0.25) is 4.79 Å². The van der Waals surface area contributed by atoms with Crippen molar-refractivity contribution in [3.05, 3.63) is 102 Å². The van der Waals surface area contributed by atoms with Crippen molar-refractivity contribution in [3.8, 4) is 28.3 Å². The summed E-state index contributed by atoms with van der Waals surface area (Å²) in [6.07, 6.45) is 4.05. The average molecular weight is 452 g/mol. The first kappa shape index (κ1) is 21.7. The molecule has 1 aromatic heterocycles. The van der Waals surface area contributed by atoms with Crippen LogP contribution in [0.3, 0.4) is 0 Å². The normalized spacial score (nSPS) is 15.2. The van der Waals surface area contributed by atoms with Crippen molar-refractivity contribution in [3.63, 3.8) is 0 Å². The smallest absolute Gasteiger partial charge is 0.307 e. The van der Waals surface area contributed by atoms with Gasteiger partial charge >= 0.3 is 5.97 Å². The van der Waals surface area contributed by atoms with E-state index in [0.29, 0.717) is 18.2 Å². The molecule has 1 heterocycles. The number of benzene rings is 3. The van der Waals surface area contributed by atoms with Gasteiger partial charge < -0.3 is 14.3 Å². The first-order chi connectivity index (χ1) is 16.7. The van der Waals surface area contributed by atoms with Gasteiger partial charge in [-0.25, -0.2) is 4.98 Å². The Bertz CT molecular complexity index is 1250. The Morgan fingerprint density at radius 2 is 1.71 bits per heavy atom. The zero-order valence-electron chi connectivity index (χ0n) is 18.7. The lowest BCUT2D eigenvalue weighted by molar-refractivity contribution is -0.136. The lowest BCUT2D eigenvalue weighted by Crippen LogP contribution is -2.11. The van der Waals surface area contributed by atoms with Crippen LogP contribution in [0.2, 0.25) is 0 Å². The fraction of sp³-hybridized carbons (Fsp3) is 0.172. The van der Waals surface area contributed by atoms with Crippen LogP contribution in [-0.2, 0) is 11.2 Å². The molecule has 1 aliphatic carbocycles. The molecule has 0 saturated heterocycles. The molecular weight excluding hydrogens is 426 g/mol. The number of nitrogens with zero attached hydrogens (tertiary/aromatic N) is 1. The van der Waals surface area contributed by atoms with Gasteiger partial charge in [-0.05, 0) is 30.5 Å². The van der Waals surface area contributed by atoms with Crippen LogP contribution in [0.5, 0.6) is 5.75 Å². The third kappa shape index (κ3) is 4.79. The predicted molar refractivity (Wildman–Crippen MR) is 131 cm³/mol. The number of ether oxygens (including phenoxy) is 1. The van der Waals surface area contributed by atoms with Crippen molar-refractivity contribution >= 4 is 11.5 Å². The maximum Gasteiger partial charge on any atom is 0.307 e. The number of aromatic nitrogens is 1. The molecule has 4 aromatic rings. The minimum atomic E-state index is -0.856. The van der Waals surface area contributed by atoms with Gasteiger partial charge in [0.2, 0.25) is 5.89 Å². The van der Waals surface area contributed by atoms with Gasteiger partial charge in [0.15, 0.2) is 5.76 Å². The third-order valence-electron chi connectivity index (χ3n) is 5.98. The summed E-state index contributed by atoms with van der Waals surface area (Å²) in [5.74, 6) is 1.35. The number of aliphatic carboxylic acids is 1. The molecule has 5 nitrogen and oxygen atoms in total. The Labute approximate surface area is 198 Å². The Hall–Kier alpha value is -4.12. The molecule has 3 aromatic carbocycles. The van der Waals surface area contributed by atoms with Gasteiger partial charge in [0, 0.05) is 22.6 Å². The van der Waals surface area contributed by atoms with Crippen molar-refractivity contribution in [2.24, 2.45) is 5.92 Å². The quantitative estimate of drug-likeness (QED) is 0.331. The lowest BCUT2D eigenvalue weighted by atomic mass is 10.0. The SMILES string of the molecule is O=C(O)Cc1cccc(OC[C@H]2CCC=C2c2nc(-c3ccccc3)c(-c3ccccc3)o2)c1. The van der Waals surface area contributed by atoms with Crippen molar-refractivity contribution in [1.29, 1.82) is 0 Å². The summed E-state index contributed by atoms with van der Waals surface area (Å²) in [4.78, 5) is 16.0. The molecular formula is C29H25NO4. The van der Waals surface area contributed by atoms with Crippen molar-refractivity contribution in [2.45, 2.75) is 19.3 Å². The summed E-state index contributed by atoms with van der Waals surface area (Å²) >= 11 is 0. The molecule has 0 bridgehead atoms. The number of rotatable bonds is 8. The number of oxazole rings is 1. The molecule has 34 heavy (non-hydrogen) atoms. The van der Waals surface area contributed by atoms with Crippen LogP contribution >= 0.6 is 0 Å². The van der Waals surface area contributed by atoms with E-state index < -0.39 is 5.97 Å². The summed E-state index contributed by atoms with van der Waals surface area (Å²) in [6.45, 7) is 0.478. The van der Waals surface area contributed by atoms with Crippen molar-refractivity contribution in [2.75, 3.05) is 6.61 Å². The third-order valence-corrected chi connectivity index (χ3v) is 5.98. The van der Waals surface area contributed by atoms with E-state index in [0.717, 1.165) is 46.6 Å². The first-order valence-corrected chi connectivity index (χ1v) is 11.4. The minimum absolute atomic E-state index is 0.0212. The molecule has 0 fully saturated rings. The number of carboxylic acid groups (broad SMARTS) is 1. The van der Waals surface area contributed by atoms with Crippen LogP contribution in [0.1, 0.15) is 24.3 Å². The summed E-state index contributed by atoms with van der Waals surface area (Å²) < 4.78 is 12.5. The van der Waals surface area contributed by atoms with Crippen LogP contribution in [0.15, 0.2) is 95.4 Å². The molecule has 0 amide bonds. The van der Waals surface area contributed by atoms with Gasteiger partial charge in [0.05, 0.1) is 13.0 Å². The molecule has 5 rings (SSSR count). The number of hydrogen-bond donors (Lipinski definition) is 1. The minimum Gasteiger partial charge on any atom is -0.493 e. The van der Waals surface area contributed by atoms with E-state index in [1.807, 2.05) is 72.8 Å². The highest BCUT2D eigenvalue weighted by Gasteiger charge is 2.27. The highest BCUT2D eigenvalue weighted by atomic mass is 16.5. The van der Waals surface area contributed by atoms with Gasteiger partial charge in [0.1, 0.15) is 11.4 Å². The first-order valence-electron chi connectivity index (χ1n) is 11.4. The second-order valence-electron chi connectivity index (χ2n) is 8.39. The van der Waals surface area contributed by atoms with Crippen LogP contribution in [0, 0.1) is 5.92 Å². The number of allylic oxidation sites excluding steroid dienone is 1. The second-order valence-corrected chi connectivity index (χ2v) is 8.39. The topological polar surface area (TPSA) is 72.6 Å². The summed E-state index contributed by atoms with van der Waals surface area (Å²) in [7, 11) is 0. The standard InChI is InChI=1S/C29H25NO4/c31-26(32)18-20-9-7-15-24(17-20)33-19-23-14-8-16-25(23)29-30-27(21-10-3-1-4-11-21)28(34-29)22-12-5-2-6-13-22/h1-7,9-13,15-17,23H,8,14,18-19H2,(H,31,32)/t23-/m1/s1. The van der Waals surface area contributed by atoms with Gasteiger partial charge in [-0.2, -0.15) is 0 Å². The maximum absolute atomic E-state index is 11.0. The lowest BCUT2D eigenvalue weighted by Gasteiger charge is -2.14. The summed E-state index contributed by atoms with van der Waals surface area (Å²) in [5.41, 5.74) is 4.61. The molecule has 0 aliphatic heterocycles.